The first-order valence-corrected chi connectivity index (χ1v) is 6.65. The van der Waals surface area contributed by atoms with Crippen LogP contribution >= 0.6 is 0 Å². The van der Waals surface area contributed by atoms with E-state index in [4.69, 9.17) is 5.11 Å². The van der Waals surface area contributed by atoms with E-state index in [9.17, 15) is 0 Å². The van der Waals surface area contributed by atoms with Crippen molar-refractivity contribution in [2.24, 2.45) is 0 Å². The predicted molar refractivity (Wildman–Crippen MR) is 74.1 cm³/mol. The van der Waals surface area contributed by atoms with Crippen LogP contribution in [-0.2, 0) is 0 Å². The fraction of sp³-hybridized carbons (Fsp3) is 0.733. The molecule has 1 heterocycles. The van der Waals surface area contributed by atoms with Gasteiger partial charge in [-0.05, 0) is 53.4 Å². The minimum atomic E-state index is 0.186. The molecular formula is C15H27NO. The smallest absolute Gasteiger partial charge is 0.0602 e. The lowest BCUT2D eigenvalue weighted by atomic mass is 10.00. The molecule has 1 saturated heterocycles. The Balaban J connectivity index is 2.18. The Morgan fingerprint density at radius 3 is 2.47 bits per heavy atom. The highest BCUT2D eigenvalue weighted by Crippen LogP contribution is 2.30. The quantitative estimate of drug-likeness (QED) is 0.527. The second-order valence-electron chi connectivity index (χ2n) is 5.71. The van der Waals surface area contributed by atoms with Gasteiger partial charge in [-0.15, -0.1) is 0 Å². The van der Waals surface area contributed by atoms with Crippen LogP contribution in [0.4, 0.5) is 0 Å². The van der Waals surface area contributed by atoms with Gasteiger partial charge < -0.3 is 10.4 Å². The molecule has 0 spiro atoms. The van der Waals surface area contributed by atoms with Gasteiger partial charge in [0.25, 0.3) is 0 Å². The van der Waals surface area contributed by atoms with E-state index in [-0.39, 0.29) is 12.1 Å². The molecule has 17 heavy (non-hydrogen) atoms. The zero-order valence-electron chi connectivity index (χ0n) is 11.7. The summed E-state index contributed by atoms with van der Waals surface area (Å²) in [7, 11) is 0. The normalized spacial score (nSPS) is 28.1. The third-order valence-electron chi connectivity index (χ3n) is 3.62. The molecule has 0 bridgehead atoms. The lowest BCUT2D eigenvalue weighted by Gasteiger charge is -2.06. The minimum Gasteiger partial charge on any atom is -0.395 e. The second kappa shape index (κ2) is 6.36. The molecule has 0 aromatic carbocycles. The number of hydrogen-bond acceptors (Lipinski definition) is 2. The number of rotatable bonds is 7. The summed E-state index contributed by atoms with van der Waals surface area (Å²) in [6, 6.07) is 0.321. The molecule has 98 valence electrons. The van der Waals surface area contributed by atoms with Crippen molar-refractivity contribution < 1.29 is 5.11 Å². The van der Waals surface area contributed by atoms with E-state index in [1.165, 1.54) is 17.6 Å². The van der Waals surface area contributed by atoms with Crippen molar-refractivity contribution in [3.8, 4) is 0 Å². The van der Waals surface area contributed by atoms with Crippen LogP contribution < -0.4 is 5.32 Å². The highest BCUT2D eigenvalue weighted by atomic mass is 16.3. The van der Waals surface area contributed by atoms with Gasteiger partial charge >= 0.3 is 0 Å². The highest BCUT2D eigenvalue weighted by Gasteiger charge is 2.47. The first-order chi connectivity index (χ1) is 7.98. The molecule has 1 aliphatic rings. The summed E-state index contributed by atoms with van der Waals surface area (Å²) in [5.74, 6) is 0. The fourth-order valence-electron chi connectivity index (χ4n) is 2.16. The molecule has 0 aliphatic carbocycles. The van der Waals surface area contributed by atoms with E-state index < -0.39 is 0 Å². The van der Waals surface area contributed by atoms with Crippen LogP contribution in [0.5, 0.6) is 0 Å². The van der Waals surface area contributed by atoms with Gasteiger partial charge in [0.15, 0.2) is 0 Å². The summed E-state index contributed by atoms with van der Waals surface area (Å²) < 4.78 is 0. The van der Waals surface area contributed by atoms with Gasteiger partial charge in [0, 0.05) is 11.6 Å². The van der Waals surface area contributed by atoms with Crippen LogP contribution in [0.2, 0.25) is 0 Å². The van der Waals surface area contributed by atoms with Crippen molar-refractivity contribution in [2.75, 3.05) is 6.61 Å². The number of nitrogens with one attached hydrogen (secondary N) is 1. The van der Waals surface area contributed by atoms with Crippen LogP contribution in [0.3, 0.4) is 0 Å². The molecule has 0 saturated carbocycles. The molecule has 0 unspecified atom stereocenters. The fourth-order valence-corrected chi connectivity index (χ4v) is 2.16. The zero-order valence-corrected chi connectivity index (χ0v) is 11.7. The standard InChI is InChI=1S/C15H27NO/c1-12(2)7-5-8-13(3)9-6-10-15(4)14(11-17)16-15/h7,9,14,16-17H,5-6,8,10-11H2,1-4H3/b13-9+/t14-,15-/m1/s1. The Morgan fingerprint density at radius 1 is 1.24 bits per heavy atom. The van der Waals surface area contributed by atoms with Crippen molar-refractivity contribution in [1.29, 1.82) is 0 Å². The van der Waals surface area contributed by atoms with E-state index in [2.05, 4.69) is 45.2 Å². The molecular weight excluding hydrogens is 210 g/mol. The maximum atomic E-state index is 9.03. The summed E-state index contributed by atoms with van der Waals surface area (Å²) in [6.45, 7) is 8.96. The van der Waals surface area contributed by atoms with Crippen molar-refractivity contribution in [3.63, 3.8) is 0 Å². The van der Waals surface area contributed by atoms with E-state index >= 15 is 0 Å². The molecule has 2 nitrogen and oxygen atoms in total. The maximum Gasteiger partial charge on any atom is 0.0602 e. The molecule has 2 atom stereocenters. The lowest BCUT2D eigenvalue weighted by molar-refractivity contribution is 0.288. The van der Waals surface area contributed by atoms with E-state index in [0.29, 0.717) is 6.04 Å². The van der Waals surface area contributed by atoms with Crippen LogP contribution in [0.25, 0.3) is 0 Å². The van der Waals surface area contributed by atoms with Crippen LogP contribution in [0.15, 0.2) is 23.3 Å². The van der Waals surface area contributed by atoms with Gasteiger partial charge in [0.05, 0.1) is 6.61 Å². The summed E-state index contributed by atoms with van der Waals surface area (Å²) in [5.41, 5.74) is 3.07. The third-order valence-corrected chi connectivity index (χ3v) is 3.62. The first kappa shape index (κ1) is 14.5. The molecule has 0 amide bonds. The average molecular weight is 237 g/mol. The van der Waals surface area contributed by atoms with Gasteiger partial charge in [-0.2, -0.15) is 0 Å². The highest BCUT2D eigenvalue weighted by molar-refractivity contribution is 5.12. The molecule has 1 rings (SSSR count). The molecule has 2 N–H and O–H groups in total. The lowest BCUT2D eigenvalue weighted by Crippen LogP contribution is -2.12. The number of hydrogen-bond donors (Lipinski definition) is 2. The molecule has 2 heteroatoms. The SMILES string of the molecule is CC(C)=CCC/C(C)=C/CC[C@@]1(C)N[C@@H]1CO. The van der Waals surface area contributed by atoms with Gasteiger partial charge in [-0.25, -0.2) is 0 Å². The van der Waals surface area contributed by atoms with Crippen LogP contribution in [-0.4, -0.2) is 23.3 Å². The molecule has 1 aliphatic heterocycles. The molecule has 1 fully saturated rings. The Kier molecular flexibility index (Phi) is 5.41. The predicted octanol–water partition coefficient (Wildman–Crippen LogP) is 3.18. The Morgan fingerprint density at radius 2 is 1.94 bits per heavy atom. The first-order valence-electron chi connectivity index (χ1n) is 6.65. The molecule has 0 aromatic rings. The minimum absolute atomic E-state index is 0.186. The van der Waals surface area contributed by atoms with Crippen molar-refractivity contribution in [3.05, 3.63) is 23.3 Å². The summed E-state index contributed by atoms with van der Waals surface area (Å²) >= 11 is 0. The van der Waals surface area contributed by atoms with Gasteiger partial charge in [0.2, 0.25) is 0 Å². The summed E-state index contributed by atoms with van der Waals surface area (Å²) in [4.78, 5) is 0. The summed E-state index contributed by atoms with van der Waals surface area (Å²) in [6.07, 6.45) is 9.19. The Labute approximate surface area is 106 Å². The van der Waals surface area contributed by atoms with Crippen LogP contribution in [0, 0.1) is 0 Å². The average Bonchev–Trinajstić information content (AvgIpc) is 2.89. The van der Waals surface area contributed by atoms with Crippen molar-refractivity contribution in [2.45, 2.75) is 65.0 Å². The third kappa shape index (κ3) is 5.05. The van der Waals surface area contributed by atoms with E-state index in [0.717, 1.165) is 19.3 Å². The van der Waals surface area contributed by atoms with Crippen molar-refractivity contribution >= 4 is 0 Å². The van der Waals surface area contributed by atoms with E-state index in [1.807, 2.05) is 0 Å². The van der Waals surface area contributed by atoms with Gasteiger partial charge in [0.1, 0.15) is 0 Å². The summed E-state index contributed by atoms with van der Waals surface area (Å²) in [5, 5.41) is 12.4. The maximum absolute atomic E-state index is 9.03. The van der Waals surface area contributed by atoms with Gasteiger partial charge in [-0.1, -0.05) is 23.3 Å². The number of aliphatic hydroxyl groups excluding tert-OH is 1. The number of allylic oxidation sites excluding steroid dienone is 4. The molecule has 0 radical (unpaired) electrons. The van der Waals surface area contributed by atoms with Crippen molar-refractivity contribution in [1.82, 2.24) is 5.32 Å². The second-order valence-corrected chi connectivity index (χ2v) is 5.71. The number of aliphatic hydroxyl groups is 1. The molecule has 0 aromatic heterocycles. The Hall–Kier alpha value is -0.600. The topological polar surface area (TPSA) is 42.2 Å². The van der Waals surface area contributed by atoms with E-state index in [1.54, 1.807) is 0 Å². The largest absolute Gasteiger partial charge is 0.395 e. The monoisotopic (exact) mass is 237 g/mol. The van der Waals surface area contributed by atoms with Gasteiger partial charge in [-0.3, -0.25) is 0 Å². The Bertz CT molecular complexity index is 302. The van der Waals surface area contributed by atoms with Crippen LogP contribution in [0.1, 0.15) is 53.4 Å². The zero-order chi connectivity index (χ0) is 12.9.